The van der Waals surface area contributed by atoms with Gasteiger partial charge in [-0.15, -0.1) is 0 Å². The number of hydrogen-bond donors (Lipinski definition) is 1. The lowest BCUT2D eigenvalue weighted by atomic mass is 9.96. The Kier molecular flexibility index (Phi) is 7.51. The molecule has 2 atom stereocenters. The van der Waals surface area contributed by atoms with Gasteiger partial charge in [0, 0.05) is 13.7 Å². The predicted molar refractivity (Wildman–Crippen MR) is 51.2 cm³/mol. The van der Waals surface area contributed by atoms with Gasteiger partial charge in [-0.25, -0.2) is 0 Å². The zero-order valence-corrected chi connectivity index (χ0v) is 8.55. The van der Waals surface area contributed by atoms with E-state index in [1.54, 1.807) is 7.11 Å². The number of methoxy groups -OCH3 is 1. The van der Waals surface area contributed by atoms with Crippen LogP contribution in [0.1, 0.15) is 39.5 Å². The van der Waals surface area contributed by atoms with Crippen molar-refractivity contribution in [2.45, 2.75) is 45.6 Å². The highest BCUT2D eigenvalue weighted by atomic mass is 16.5. The number of hydrogen-bond acceptors (Lipinski definition) is 2. The Morgan fingerprint density at radius 3 is 2.50 bits per heavy atom. The fourth-order valence-electron chi connectivity index (χ4n) is 1.37. The van der Waals surface area contributed by atoms with Crippen molar-refractivity contribution in [2.24, 2.45) is 5.92 Å². The molecule has 74 valence electrons. The van der Waals surface area contributed by atoms with Crippen LogP contribution in [-0.2, 0) is 4.74 Å². The Morgan fingerprint density at radius 2 is 2.00 bits per heavy atom. The molecule has 12 heavy (non-hydrogen) atoms. The molecule has 2 heteroatoms. The first-order valence-corrected chi connectivity index (χ1v) is 4.89. The van der Waals surface area contributed by atoms with E-state index in [0.717, 1.165) is 32.3 Å². The van der Waals surface area contributed by atoms with E-state index in [1.807, 2.05) is 0 Å². The topological polar surface area (TPSA) is 29.5 Å². The minimum atomic E-state index is -0.139. The monoisotopic (exact) mass is 174 g/mol. The van der Waals surface area contributed by atoms with Gasteiger partial charge in [-0.05, 0) is 25.2 Å². The molecule has 0 aromatic heterocycles. The zero-order chi connectivity index (χ0) is 9.40. The van der Waals surface area contributed by atoms with Crippen molar-refractivity contribution in [3.05, 3.63) is 0 Å². The minimum absolute atomic E-state index is 0.139. The van der Waals surface area contributed by atoms with Crippen molar-refractivity contribution in [1.29, 1.82) is 0 Å². The molecule has 0 heterocycles. The van der Waals surface area contributed by atoms with Crippen molar-refractivity contribution in [2.75, 3.05) is 13.7 Å². The first-order valence-electron chi connectivity index (χ1n) is 4.89. The highest BCUT2D eigenvalue weighted by Gasteiger charge is 2.11. The van der Waals surface area contributed by atoms with E-state index in [1.165, 1.54) is 0 Å². The molecule has 0 radical (unpaired) electrons. The molecule has 0 amide bonds. The van der Waals surface area contributed by atoms with Crippen LogP contribution < -0.4 is 0 Å². The Labute approximate surface area is 75.9 Å². The number of aliphatic hydroxyl groups is 1. The second kappa shape index (κ2) is 7.56. The van der Waals surface area contributed by atoms with Crippen molar-refractivity contribution in [3.63, 3.8) is 0 Å². The maximum Gasteiger partial charge on any atom is 0.0566 e. The third-order valence-electron chi connectivity index (χ3n) is 2.25. The maximum atomic E-state index is 9.62. The molecule has 0 aliphatic heterocycles. The van der Waals surface area contributed by atoms with E-state index in [2.05, 4.69) is 13.8 Å². The van der Waals surface area contributed by atoms with Crippen molar-refractivity contribution in [1.82, 2.24) is 0 Å². The highest BCUT2D eigenvalue weighted by molar-refractivity contribution is 4.63. The van der Waals surface area contributed by atoms with Gasteiger partial charge in [-0.2, -0.15) is 0 Å². The van der Waals surface area contributed by atoms with Crippen LogP contribution in [0.2, 0.25) is 0 Å². The van der Waals surface area contributed by atoms with Crippen LogP contribution in [0, 0.1) is 5.92 Å². The fourth-order valence-corrected chi connectivity index (χ4v) is 1.37. The van der Waals surface area contributed by atoms with Crippen molar-refractivity contribution in [3.8, 4) is 0 Å². The predicted octanol–water partition coefficient (Wildman–Crippen LogP) is 2.21. The molecular formula is C10H22O2. The van der Waals surface area contributed by atoms with Gasteiger partial charge in [0.2, 0.25) is 0 Å². The number of aliphatic hydroxyl groups excluding tert-OH is 1. The normalized spacial score (nSPS) is 16.0. The highest BCUT2D eigenvalue weighted by Crippen LogP contribution is 2.14. The Balaban J connectivity index is 3.35. The van der Waals surface area contributed by atoms with E-state index in [-0.39, 0.29) is 6.10 Å². The van der Waals surface area contributed by atoms with E-state index >= 15 is 0 Å². The molecule has 2 unspecified atom stereocenters. The Bertz CT molecular complexity index is 93.8. The Morgan fingerprint density at radius 1 is 1.33 bits per heavy atom. The standard InChI is InChI=1S/C10H22O2/c1-4-6-9(2)10(11)7-5-8-12-3/h9-11H,4-8H2,1-3H3. The third kappa shape index (κ3) is 5.56. The fraction of sp³-hybridized carbons (Fsp3) is 1.00. The summed E-state index contributed by atoms with van der Waals surface area (Å²) in [7, 11) is 1.70. The number of rotatable bonds is 7. The molecular weight excluding hydrogens is 152 g/mol. The van der Waals surface area contributed by atoms with Crippen molar-refractivity contribution < 1.29 is 9.84 Å². The lowest BCUT2D eigenvalue weighted by Gasteiger charge is -2.17. The summed E-state index contributed by atoms with van der Waals surface area (Å²) in [5.74, 6) is 0.437. The summed E-state index contributed by atoms with van der Waals surface area (Å²) in [4.78, 5) is 0. The molecule has 0 aromatic rings. The van der Waals surface area contributed by atoms with Gasteiger partial charge in [0.25, 0.3) is 0 Å². The SMILES string of the molecule is CCCC(C)C(O)CCCOC. The van der Waals surface area contributed by atoms with Gasteiger partial charge < -0.3 is 9.84 Å². The molecule has 0 aliphatic carbocycles. The van der Waals surface area contributed by atoms with Gasteiger partial charge in [0.1, 0.15) is 0 Å². The van der Waals surface area contributed by atoms with Gasteiger partial charge in [-0.1, -0.05) is 20.3 Å². The van der Waals surface area contributed by atoms with E-state index in [0.29, 0.717) is 5.92 Å². The molecule has 0 bridgehead atoms. The van der Waals surface area contributed by atoms with E-state index in [9.17, 15) is 5.11 Å². The maximum absolute atomic E-state index is 9.62. The average Bonchev–Trinajstić information content (AvgIpc) is 2.05. The lowest BCUT2D eigenvalue weighted by Crippen LogP contribution is -2.17. The second-order valence-electron chi connectivity index (χ2n) is 3.47. The van der Waals surface area contributed by atoms with Gasteiger partial charge >= 0.3 is 0 Å². The average molecular weight is 174 g/mol. The second-order valence-corrected chi connectivity index (χ2v) is 3.47. The molecule has 0 rings (SSSR count). The quantitative estimate of drug-likeness (QED) is 0.600. The first-order chi connectivity index (χ1) is 5.72. The molecule has 0 fully saturated rings. The largest absolute Gasteiger partial charge is 0.393 e. The van der Waals surface area contributed by atoms with Gasteiger partial charge in [0.05, 0.1) is 6.10 Å². The van der Waals surface area contributed by atoms with Crippen LogP contribution in [0.5, 0.6) is 0 Å². The summed E-state index contributed by atoms with van der Waals surface area (Å²) in [6, 6.07) is 0. The molecule has 0 saturated heterocycles. The molecule has 0 saturated carbocycles. The van der Waals surface area contributed by atoms with Crippen LogP contribution in [0.25, 0.3) is 0 Å². The van der Waals surface area contributed by atoms with Crippen LogP contribution in [-0.4, -0.2) is 24.9 Å². The van der Waals surface area contributed by atoms with Gasteiger partial charge in [0.15, 0.2) is 0 Å². The van der Waals surface area contributed by atoms with E-state index < -0.39 is 0 Å². The molecule has 0 spiro atoms. The molecule has 1 N–H and O–H groups in total. The summed E-state index contributed by atoms with van der Waals surface area (Å²) in [6.45, 7) is 5.02. The summed E-state index contributed by atoms with van der Waals surface area (Å²) in [5.41, 5.74) is 0. The van der Waals surface area contributed by atoms with Crippen LogP contribution in [0.4, 0.5) is 0 Å². The van der Waals surface area contributed by atoms with Gasteiger partial charge in [-0.3, -0.25) is 0 Å². The smallest absolute Gasteiger partial charge is 0.0566 e. The Hall–Kier alpha value is -0.0800. The van der Waals surface area contributed by atoms with Crippen molar-refractivity contribution >= 4 is 0 Å². The molecule has 0 aliphatic rings. The summed E-state index contributed by atoms with van der Waals surface area (Å²) in [6.07, 6.45) is 3.97. The zero-order valence-electron chi connectivity index (χ0n) is 8.55. The third-order valence-corrected chi connectivity index (χ3v) is 2.25. The number of ether oxygens (including phenoxy) is 1. The summed E-state index contributed by atoms with van der Waals surface area (Å²) < 4.78 is 4.92. The van der Waals surface area contributed by atoms with Crippen LogP contribution in [0.15, 0.2) is 0 Å². The van der Waals surface area contributed by atoms with Crippen LogP contribution in [0.3, 0.4) is 0 Å². The lowest BCUT2D eigenvalue weighted by molar-refractivity contribution is 0.0882. The molecule has 0 aromatic carbocycles. The first kappa shape index (κ1) is 11.9. The van der Waals surface area contributed by atoms with E-state index in [4.69, 9.17) is 4.74 Å². The summed E-state index contributed by atoms with van der Waals surface area (Å²) >= 11 is 0. The summed E-state index contributed by atoms with van der Waals surface area (Å²) in [5, 5.41) is 9.62. The molecule has 2 nitrogen and oxygen atoms in total. The minimum Gasteiger partial charge on any atom is -0.393 e. The van der Waals surface area contributed by atoms with Crippen LogP contribution >= 0.6 is 0 Å².